The van der Waals surface area contributed by atoms with Crippen molar-refractivity contribution in [2.24, 2.45) is 16.8 Å². The van der Waals surface area contributed by atoms with Crippen molar-refractivity contribution in [3.05, 3.63) is 0 Å². The fraction of sp³-hybridized carbons (Fsp3) is 0.800. The minimum Gasteiger partial charge on any atom is -0.409 e. The fourth-order valence-electron chi connectivity index (χ4n) is 0.911. The van der Waals surface area contributed by atoms with Gasteiger partial charge in [0.1, 0.15) is 5.84 Å². The molecule has 4 N–H and O–H groups in total. The van der Waals surface area contributed by atoms with Crippen molar-refractivity contribution in [3.8, 4) is 0 Å². The van der Waals surface area contributed by atoms with Gasteiger partial charge in [-0.3, -0.25) is 0 Å². The number of rotatable bonds is 1. The van der Waals surface area contributed by atoms with Crippen LogP contribution in [0.3, 0.4) is 0 Å². The molecule has 1 aliphatic carbocycles. The Morgan fingerprint density at radius 3 is 2.44 bits per heavy atom. The minimum absolute atomic E-state index is 0.102. The molecule has 4 nitrogen and oxygen atoms in total. The number of aliphatic hydroxyl groups excluding tert-OH is 1. The second-order valence-electron chi connectivity index (χ2n) is 2.35. The molecule has 1 rings (SSSR count). The van der Waals surface area contributed by atoms with Crippen LogP contribution in [0.5, 0.6) is 0 Å². The van der Waals surface area contributed by atoms with E-state index < -0.39 is 0 Å². The van der Waals surface area contributed by atoms with Gasteiger partial charge in [0, 0.05) is 5.92 Å². The van der Waals surface area contributed by atoms with Gasteiger partial charge in [0.2, 0.25) is 0 Å². The van der Waals surface area contributed by atoms with E-state index in [1.165, 1.54) is 0 Å². The molecule has 0 spiro atoms. The highest BCUT2D eigenvalue weighted by molar-refractivity contribution is 5.83. The van der Waals surface area contributed by atoms with E-state index in [4.69, 9.17) is 16.0 Å². The lowest BCUT2D eigenvalue weighted by Crippen LogP contribution is -2.38. The van der Waals surface area contributed by atoms with E-state index in [1.807, 2.05) is 0 Å². The second-order valence-corrected chi connectivity index (χ2v) is 2.35. The second kappa shape index (κ2) is 2.23. The van der Waals surface area contributed by atoms with Gasteiger partial charge in [-0.15, -0.1) is 0 Å². The molecule has 9 heavy (non-hydrogen) atoms. The Morgan fingerprint density at radius 1 is 1.56 bits per heavy atom. The van der Waals surface area contributed by atoms with E-state index in [9.17, 15) is 0 Å². The summed E-state index contributed by atoms with van der Waals surface area (Å²) in [4.78, 5) is 0. The van der Waals surface area contributed by atoms with Crippen LogP contribution in [0.2, 0.25) is 0 Å². The van der Waals surface area contributed by atoms with Crippen LogP contribution in [-0.2, 0) is 0 Å². The number of amidine groups is 1. The number of nitrogens with zero attached hydrogens (tertiary/aromatic N) is 1. The highest BCUT2D eigenvalue weighted by Crippen LogP contribution is 2.26. The number of hydrogen-bond donors (Lipinski definition) is 3. The molecule has 1 aliphatic rings. The summed E-state index contributed by atoms with van der Waals surface area (Å²) in [6.07, 6.45) is 1.03. The van der Waals surface area contributed by atoms with Crippen LogP contribution < -0.4 is 5.73 Å². The molecule has 0 saturated heterocycles. The van der Waals surface area contributed by atoms with Gasteiger partial charge in [-0.1, -0.05) is 5.16 Å². The van der Waals surface area contributed by atoms with Crippen molar-refractivity contribution < 1.29 is 10.3 Å². The predicted octanol–water partition coefficient (Wildman–Crippen LogP) is -0.496. The highest BCUT2D eigenvalue weighted by Gasteiger charge is 2.30. The third-order valence-electron chi connectivity index (χ3n) is 1.65. The fourth-order valence-corrected chi connectivity index (χ4v) is 0.911. The Hall–Kier alpha value is -0.770. The average molecular weight is 130 g/mol. The smallest absolute Gasteiger partial charge is 0.142 e. The molecular formula is C5H10N2O2. The first-order chi connectivity index (χ1) is 4.24. The zero-order valence-electron chi connectivity index (χ0n) is 4.99. The SMILES string of the molecule is NC(=NO)C1CC(O)C1. The largest absolute Gasteiger partial charge is 0.409 e. The van der Waals surface area contributed by atoms with Crippen LogP contribution in [0.15, 0.2) is 5.16 Å². The Kier molecular flexibility index (Phi) is 1.57. The molecule has 0 radical (unpaired) electrons. The maximum atomic E-state index is 8.77. The molecule has 0 bridgehead atoms. The van der Waals surface area contributed by atoms with E-state index in [0.717, 1.165) is 0 Å². The zero-order chi connectivity index (χ0) is 6.85. The van der Waals surface area contributed by atoms with Crippen molar-refractivity contribution in [3.63, 3.8) is 0 Å². The first-order valence-corrected chi connectivity index (χ1v) is 2.89. The standard InChI is InChI=1S/C5H10N2O2/c6-5(7-9)3-1-4(8)2-3/h3-4,8-9H,1-2H2,(H2,6,7). The van der Waals surface area contributed by atoms with E-state index in [-0.39, 0.29) is 17.9 Å². The summed E-state index contributed by atoms with van der Waals surface area (Å²) in [5, 5.41) is 19.7. The van der Waals surface area contributed by atoms with Crippen molar-refractivity contribution in [1.29, 1.82) is 0 Å². The first-order valence-electron chi connectivity index (χ1n) is 2.89. The van der Waals surface area contributed by atoms with E-state index in [0.29, 0.717) is 12.8 Å². The summed E-state index contributed by atoms with van der Waals surface area (Å²) in [5.41, 5.74) is 5.23. The van der Waals surface area contributed by atoms with Crippen molar-refractivity contribution in [2.75, 3.05) is 0 Å². The monoisotopic (exact) mass is 130 g/mol. The highest BCUT2D eigenvalue weighted by atomic mass is 16.4. The number of aliphatic hydroxyl groups is 1. The van der Waals surface area contributed by atoms with Crippen LogP contribution >= 0.6 is 0 Å². The van der Waals surface area contributed by atoms with Crippen LogP contribution in [0.25, 0.3) is 0 Å². The van der Waals surface area contributed by atoms with Crippen molar-refractivity contribution >= 4 is 5.84 Å². The average Bonchev–Trinajstić information content (AvgIpc) is 1.79. The number of nitrogens with two attached hydrogens (primary N) is 1. The first kappa shape index (κ1) is 6.35. The summed E-state index contributed by atoms with van der Waals surface area (Å²) in [5.74, 6) is 0.338. The van der Waals surface area contributed by atoms with Crippen LogP contribution in [0, 0.1) is 5.92 Å². The summed E-state index contributed by atoms with van der Waals surface area (Å²) in [6.45, 7) is 0. The maximum absolute atomic E-state index is 8.77. The van der Waals surface area contributed by atoms with Crippen molar-refractivity contribution in [2.45, 2.75) is 18.9 Å². The molecule has 1 fully saturated rings. The minimum atomic E-state index is -0.240. The van der Waals surface area contributed by atoms with Crippen LogP contribution in [-0.4, -0.2) is 22.3 Å². The lowest BCUT2D eigenvalue weighted by Gasteiger charge is -2.29. The lowest BCUT2D eigenvalue weighted by molar-refractivity contribution is 0.0684. The third-order valence-corrected chi connectivity index (χ3v) is 1.65. The van der Waals surface area contributed by atoms with E-state index in [2.05, 4.69) is 5.16 Å². The molecule has 0 heterocycles. The van der Waals surface area contributed by atoms with Gasteiger partial charge in [-0.25, -0.2) is 0 Å². The van der Waals surface area contributed by atoms with E-state index in [1.54, 1.807) is 0 Å². The van der Waals surface area contributed by atoms with Gasteiger partial charge in [-0.05, 0) is 12.8 Å². The predicted molar refractivity (Wildman–Crippen MR) is 32.1 cm³/mol. The summed E-state index contributed by atoms with van der Waals surface area (Å²) in [7, 11) is 0. The molecule has 0 aromatic rings. The molecule has 4 heteroatoms. The molecule has 52 valence electrons. The Labute approximate surface area is 53.0 Å². The zero-order valence-corrected chi connectivity index (χ0v) is 4.99. The normalized spacial score (nSPS) is 35.9. The van der Waals surface area contributed by atoms with Gasteiger partial charge in [0.05, 0.1) is 6.10 Å². The lowest BCUT2D eigenvalue weighted by atomic mass is 9.82. The van der Waals surface area contributed by atoms with Gasteiger partial charge in [0.15, 0.2) is 0 Å². The quantitative estimate of drug-likeness (QED) is 0.194. The topological polar surface area (TPSA) is 78.8 Å². The Morgan fingerprint density at radius 2 is 2.11 bits per heavy atom. The van der Waals surface area contributed by atoms with Gasteiger partial charge in [0.25, 0.3) is 0 Å². The number of hydrogen-bond acceptors (Lipinski definition) is 3. The molecule has 0 unspecified atom stereocenters. The molecule has 0 aliphatic heterocycles. The van der Waals surface area contributed by atoms with Crippen LogP contribution in [0.1, 0.15) is 12.8 Å². The molecule has 0 aromatic carbocycles. The van der Waals surface area contributed by atoms with Crippen molar-refractivity contribution in [1.82, 2.24) is 0 Å². The molecule has 0 atom stereocenters. The van der Waals surface area contributed by atoms with Gasteiger partial charge < -0.3 is 16.0 Å². The molecular weight excluding hydrogens is 120 g/mol. The number of oxime groups is 1. The third kappa shape index (κ3) is 1.13. The molecule has 0 amide bonds. The molecule has 1 saturated carbocycles. The van der Waals surface area contributed by atoms with Crippen LogP contribution in [0.4, 0.5) is 0 Å². The van der Waals surface area contributed by atoms with Gasteiger partial charge in [-0.2, -0.15) is 0 Å². The molecule has 0 aromatic heterocycles. The maximum Gasteiger partial charge on any atom is 0.142 e. The summed E-state index contributed by atoms with van der Waals surface area (Å²) < 4.78 is 0. The Bertz CT molecular complexity index is 129. The Balaban J connectivity index is 2.32. The van der Waals surface area contributed by atoms with E-state index >= 15 is 0 Å². The summed E-state index contributed by atoms with van der Waals surface area (Å²) in [6, 6.07) is 0. The summed E-state index contributed by atoms with van der Waals surface area (Å²) >= 11 is 0. The van der Waals surface area contributed by atoms with Gasteiger partial charge >= 0.3 is 0 Å².